The third kappa shape index (κ3) is 3.91. The molecule has 3 N–H and O–H groups in total. The van der Waals surface area contributed by atoms with E-state index in [1.54, 1.807) is 24.3 Å². The second kappa shape index (κ2) is 7.48. The van der Waals surface area contributed by atoms with Gasteiger partial charge in [-0.3, -0.25) is 14.4 Å². The van der Waals surface area contributed by atoms with Gasteiger partial charge in [0.05, 0.1) is 16.9 Å². The summed E-state index contributed by atoms with van der Waals surface area (Å²) < 4.78 is 39.7. The molecule has 3 rings (SSSR count). The highest BCUT2D eigenvalue weighted by Crippen LogP contribution is 2.21. The van der Waals surface area contributed by atoms with Crippen molar-refractivity contribution in [2.75, 3.05) is 10.6 Å². The maximum atomic E-state index is 13.6. The molecule has 0 fully saturated rings. The number of halogens is 3. The zero-order valence-electron chi connectivity index (χ0n) is 13.8. The van der Waals surface area contributed by atoms with Crippen molar-refractivity contribution in [1.29, 1.82) is 0 Å². The summed E-state index contributed by atoms with van der Waals surface area (Å²) in [5.41, 5.74) is 0.137. The highest BCUT2D eigenvalue weighted by Gasteiger charge is 2.28. The monoisotopic (exact) mass is 377 g/mol. The van der Waals surface area contributed by atoms with Crippen molar-refractivity contribution >= 4 is 29.1 Å². The van der Waals surface area contributed by atoms with Gasteiger partial charge in [-0.05, 0) is 30.7 Å². The lowest BCUT2D eigenvalue weighted by molar-refractivity contribution is -0.118. The van der Waals surface area contributed by atoms with E-state index >= 15 is 0 Å². The van der Waals surface area contributed by atoms with Crippen LogP contribution in [0.25, 0.3) is 0 Å². The number of carbonyl (C=O) groups is 3. The lowest BCUT2D eigenvalue weighted by Gasteiger charge is -2.14. The maximum Gasteiger partial charge on any atom is 0.254 e. The smallest absolute Gasteiger partial charge is 0.254 e. The molecule has 2 aromatic carbocycles. The van der Waals surface area contributed by atoms with Crippen molar-refractivity contribution in [2.24, 2.45) is 0 Å². The average molecular weight is 377 g/mol. The van der Waals surface area contributed by atoms with Gasteiger partial charge in [0.15, 0.2) is 17.5 Å². The van der Waals surface area contributed by atoms with Gasteiger partial charge in [-0.15, -0.1) is 0 Å². The van der Waals surface area contributed by atoms with E-state index in [4.69, 9.17) is 0 Å². The van der Waals surface area contributed by atoms with Gasteiger partial charge >= 0.3 is 0 Å². The molecule has 0 aliphatic carbocycles. The minimum atomic E-state index is -1.69. The SMILES string of the molecule is O=C(CC[C@@H]1NC(=O)c2ccccc2NC1=O)Nc1ccc(F)c(F)c1F. The van der Waals surface area contributed by atoms with E-state index in [0.29, 0.717) is 17.3 Å². The molecule has 0 unspecified atom stereocenters. The normalized spacial score (nSPS) is 16.0. The van der Waals surface area contributed by atoms with Crippen molar-refractivity contribution < 1.29 is 27.6 Å². The molecule has 0 spiro atoms. The number of hydrogen-bond donors (Lipinski definition) is 3. The average Bonchev–Trinajstić information content (AvgIpc) is 2.77. The number of rotatable bonds is 4. The van der Waals surface area contributed by atoms with E-state index < -0.39 is 46.9 Å². The van der Waals surface area contributed by atoms with Crippen LogP contribution in [0.3, 0.4) is 0 Å². The number of hydrogen-bond acceptors (Lipinski definition) is 3. The summed E-state index contributed by atoms with van der Waals surface area (Å²) in [4.78, 5) is 36.4. The van der Waals surface area contributed by atoms with Gasteiger partial charge in [-0.2, -0.15) is 0 Å². The summed E-state index contributed by atoms with van der Waals surface area (Å²) in [5, 5.41) is 7.22. The Balaban J connectivity index is 1.63. The molecule has 3 amide bonds. The van der Waals surface area contributed by atoms with Gasteiger partial charge in [0.2, 0.25) is 11.8 Å². The Bertz CT molecular complexity index is 933. The van der Waals surface area contributed by atoms with Gasteiger partial charge < -0.3 is 16.0 Å². The molecule has 6 nitrogen and oxygen atoms in total. The number of anilines is 2. The van der Waals surface area contributed by atoms with Crippen LogP contribution in [0.2, 0.25) is 0 Å². The number of amides is 3. The molecule has 9 heteroatoms. The van der Waals surface area contributed by atoms with Crippen LogP contribution in [0.4, 0.5) is 24.5 Å². The van der Waals surface area contributed by atoms with Crippen LogP contribution < -0.4 is 16.0 Å². The summed E-state index contributed by atoms with van der Waals surface area (Å²) in [6.07, 6.45) is -0.324. The largest absolute Gasteiger partial charge is 0.340 e. The van der Waals surface area contributed by atoms with E-state index in [9.17, 15) is 27.6 Å². The van der Waals surface area contributed by atoms with E-state index in [2.05, 4.69) is 16.0 Å². The minimum Gasteiger partial charge on any atom is -0.340 e. The number of carbonyl (C=O) groups excluding carboxylic acids is 3. The molecule has 0 aromatic heterocycles. The number of para-hydroxylation sites is 1. The van der Waals surface area contributed by atoms with Crippen LogP contribution >= 0.6 is 0 Å². The molecule has 140 valence electrons. The van der Waals surface area contributed by atoms with Gasteiger partial charge in [0.1, 0.15) is 6.04 Å². The third-order valence-electron chi connectivity index (χ3n) is 4.02. The predicted octanol–water partition coefficient (Wildman–Crippen LogP) is 2.57. The van der Waals surface area contributed by atoms with Gasteiger partial charge in [0, 0.05) is 6.42 Å². The number of nitrogens with one attached hydrogen (secondary N) is 3. The zero-order valence-corrected chi connectivity index (χ0v) is 13.8. The molecule has 0 bridgehead atoms. The quantitative estimate of drug-likeness (QED) is 0.716. The summed E-state index contributed by atoms with van der Waals surface area (Å²) >= 11 is 0. The first-order valence-corrected chi connectivity index (χ1v) is 8.01. The molecule has 0 saturated heterocycles. The fourth-order valence-corrected chi connectivity index (χ4v) is 2.63. The van der Waals surface area contributed by atoms with E-state index in [0.717, 1.165) is 6.07 Å². The molecule has 1 heterocycles. The zero-order chi connectivity index (χ0) is 19.6. The topological polar surface area (TPSA) is 87.3 Å². The van der Waals surface area contributed by atoms with Crippen molar-refractivity contribution in [3.63, 3.8) is 0 Å². The van der Waals surface area contributed by atoms with Gasteiger partial charge in [-0.25, -0.2) is 13.2 Å². The van der Waals surface area contributed by atoms with Crippen molar-refractivity contribution in [2.45, 2.75) is 18.9 Å². The summed E-state index contributed by atoms with van der Waals surface area (Å²) in [5.74, 6) is -6.27. The van der Waals surface area contributed by atoms with E-state index in [-0.39, 0.29) is 12.8 Å². The molecular formula is C18H14F3N3O3. The fraction of sp³-hybridized carbons (Fsp3) is 0.167. The Hall–Kier alpha value is -3.36. The first-order valence-electron chi connectivity index (χ1n) is 8.01. The van der Waals surface area contributed by atoms with Crippen molar-refractivity contribution in [1.82, 2.24) is 5.32 Å². The maximum absolute atomic E-state index is 13.6. The predicted molar refractivity (Wildman–Crippen MR) is 90.5 cm³/mol. The third-order valence-corrected chi connectivity index (χ3v) is 4.02. The van der Waals surface area contributed by atoms with Gasteiger partial charge in [-0.1, -0.05) is 12.1 Å². The van der Waals surface area contributed by atoms with Crippen molar-refractivity contribution in [3.8, 4) is 0 Å². The lowest BCUT2D eigenvalue weighted by Crippen LogP contribution is -2.41. The molecule has 27 heavy (non-hydrogen) atoms. The number of fused-ring (bicyclic) bond motifs is 1. The minimum absolute atomic E-state index is 0.0668. The highest BCUT2D eigenvalue weighted by atomic mass is 19.2. The van der Waals surface area contributed by atoms with Crippen LogP contribution in [-0.4, -0.2) is 23.8 Å². The van der Waals surface area contributed by atoms with Crippen LogP contribution in [-0.2, 0) is 9.59 Å². The number of benzene rings is 2. The second-order valence-corrected chi connectivity index (χ2v) is 5.87. The Morgan fingerprint density at radius 2 is 1.78 bits per heavy atom. The molecule has 0 radical (unpaired) electrons. The van der Waals surface area contributed by atoms with E-state index in [1.165, 1.54) is 0 Å². The molecule has 1 aliphatic heterocycles. The molecule has 0 saturated carbocycles. The second-order valence-electron chi connectivity index (χ2n) is 5.87. The molecule has 1 atom stereocenters. The standard InChI is InChI=1S/C18H14F3N3O3/c19-10-5-6-12(16(21)15(10)20)22-14(25)8-7-13-18(27)23-11-4-2-1-3-9(11)17(26)24-13/h1-6,13H,7-8H2,(H,22,25)(H,23,27)(H,24,26)/t13-/m0/s1. The summed E-state index contributed by atoms with van der Waals surface area (Å²) in [7, 11) is 0. The lowest BCUT2D eigenvalue weighted by atomic mass is 10.1. The Morgan fingerprint density at radius 1 is 1.04 bits per heavy atom. The van der Waals surface area contributed by atoms with Crippen molar-refractivity contribution in [3.05, 3.63) is 59.4 Å². The summed E-state index contributed by atoms with van der Waals surface area (Å²) in [6.45, 7) is 0. The van der Waals surface area contributed by atoms with Crippen LogP contribution in [0.5, 0.6) is 0 Å². The molecule has 1 aliphatic rings. The molecular weight excluding hydrogens is 363 g/mol. The first-order chi connectivity index (χ1) is 12.9. The van der Waals surface area contributed by atoms with Crippen LogP contribution in [0, 0.1) is 17.5 Å². The summed E-state index contributed by atoms with van der Waals surface area (Å²) in [6, 6.07) is 7.03. The Morgan fingerprint density at radius 3 is 2.56 bits per heavy atom. The van der Waals surface area contributed by atoms with Crippen LogP contribution in [0.15, 0.2) is 36.4 Å². The Labute approximate surface area is 151 Å². The Kier molecular flexibility index (Phi) is 5.11. The molecule has 2 aromatic rings. The highest BCUT2D eigenvalue weighted by molar-refractivity contribution is 6.09. The van der Waals surface area contributed by atoms with E-state index in [1.807, 2.05) is 0 Å². The first kappa shape index (κ1) is 18.4. The fourth-order valence-electron chi connectivity index (χ4n) is 2.63. The van der Waals surface area contributed by atoms with Crippen LogP contribution in [0.1, 0.15) is 23.2 Å². The van der Waals surface area contributed by atoms with Gasteiger partial charge in [0.25, 0.3) is 5.91 Å².